The van der Waals surface area contributed by atoms with E-state index in [1.165, 1.54) is 0 Å². The van der Waals surface area contributed by atoms with Crippen molar-refractivity contribution < 1.29 is 14.4 Å². The Bertz CT molecular complexity index is 958. The molecule has 1 fully saturated rings. The number of aliphatic hydroxyl groups is 1. The molecule has 1 aliphatic rings. The fourth-order valence-corrected chi connectivity index (χ4v) is 3.05. The average molecular weight is 337 g/mol. The summed E-state index contributed by atoms with van der Waals surface area (Å²) < 4.78 is 5.29. The molecule has 1 saturated carbocycles. The van der Waals surface area contributed by atoms with E-state index in [4.69, 9.17) is 4.52 Å². The topological polar surface area (TPSA) is 88.2 Å². The second kappa shape index (κ2) is 5.97. The lowest BCUT2D eigenvalue weighted by atomic mass is 10.1. The van der Waals surface area contributed by atoms with Crippen LogP contribution in [0, 0.1) is 6.92 Å². The number of aromatic nitrogens is 2. The molecule has 1 unspecified atom stereocenters. The molecule has 128 valence electrons. The number of hydrogen-bond donors (Lipinski definition) is 2. The highest BCUT2D eigenvalue weighted by molar-refractivity contribution is 6.12. The van der Waals surface area contributed by atoms with Gasteiger partial charge in [-0.3, -0.25) is 4.79 Å². The van der Waals surface area contributed by atoms with Gasteiger partial charge in [-0.05, 0) is 38.8 Å². The van der Waals surface area contributed by atoms with E-state index in [0.717, 1.165) is 18.5 Å². The van der Waals surface area contributed by atoms with Crippen LogP contribution in [0.5, 0.6) is 0 Å². The number of rotatable bonds is 4. The number of pyridine rings is 1. The summed E-state index contributed by atoms with van der Waals surface area (Å²) in [4.78, 5) is 17.5. The molecule has 1 amide bonds. The predicted molar refractivity (Wildman–Crippen MR) is 93.5 cm³/mol. The summed E-state index contributed by atoms with van der Waals surface area (Å²) in [6.45, 7) is 3.47. The number of aryl methyl sites for hydroxylation is 1. The van der Waals surface area contributed by atoms with Crippen LogP contribution in [-0.4, -0.2) is 21.2 Å². The van der Waals surface area contributed by atoms with Crippen molar-refractivity contribution in [2.24, 2.45) is 0 Å². The van der Waals surface area contributed by atoms with Crippen molar-refractivity contribution in [2.75, 3.05) is 5.32 Å². The molecule has 2 heterocycles. The molecule has 2 N–H and O–H groups in total. The van der Waals surface area contributed by atoms with Gasteiger partial charge < -0.3 is 14.9 Å². The normalized spacial score (nSPS) is 15.3. The first-order valence-corrected chi connectivity index (χ1v) is 8.40. The van der Waals surface area contributed by atoms with Crippen LogP contribution in [0.15, 0.2) is 34.9 Å². The zero-order valence-electron chi connectivity index (χ0n) is 14.1. The van der Waals surface area contributed by atoms with Crippen LogP contribution >= 0.6 is 0 Å². The van der Waals surface area contributed by atoms with Crippen LogP contribution in [-0.2, 0) is 0 Å². The van der Waals surface area contributed by atoms with Gasteiger partial charge in [0.1, 0.15) is 0 Å². The molecule has 3 aromatic rings. The van der Waals surface area contributed by atoms with Crippen molar-refractivity contribution in [1.82, 2.24) is 10.1 Å². The lowest BCUT2D eigenvalue weighted by Gasteiger charge is -2.13. The summed E-state index contributed by atoms with van der Waals surface area (Å²) >= 11 is 0. The molecule has 0 aliphatic heterocycles. The fraction of sp³-hybridized carbons (Fsp3) is 0.316. The number of nitrogens with zero attached hydrogens (tertiary/aromatic N) is 2. The highest BCUT2D eigenvalue weighted by atomic mass is 16.5. The largest absolute Gasteiger partial charge is 0.389 e. The molecule has 1 aromatic carbocycles. The van der Waals surface area contributed by atoms with Gasteiger partial charge in [0.25, 0.3) is 11.6 Å². The van der Waals surface area contributed by atoms with Gasteiger partial charge in [-0.1, -0.05) is 23.4 Å². The first-order chi connectivity index (χ1) is 12.0. The van der Waals surface area contributed by atoms with Crippen molar-refractivity contribution in [3.8, 4) is 0 Å². The third kappa shape index (κ3) is 2.89. The molecular formula is C19H19N3O3. The maximum atomic E-state index is 13.0. The van der Waals surface area contributed by atoms with Gasteiger partial charge in [0.05, 0.1) is 22.7 Å². The van der Waals surface area contributed by atoms with E-state index in [1.807, 2.05) is 18.2 Å². The summed E-state index contributed by atoms with van der Waals surface area (Å²) in [5.74, 6) is 0.139. The number of fused-ring (bicyclic) bond motifs is 1. The van der Waals surface area contributed by atoms with Crippen molar-refractivity contribution in [3.63, 3.8) is 0 Å². The van der Waals surface area contributed by atoms with Crippen molar-refractivity contribution in [2.45, 2.75) is 38.7 Å². The summed E-state index contributed by atoms with van der Waals surface area (Å²) in [6.07, 6.45) is 1.49. The zero-order chi connectivity index (χ0) is 17.6. The van der Waals surface area contributed by atoms with Crippen LogP contribution in [0.3, 0.4) is 0 Å². The highest BCUT2D eigenvalue weighted by Crippen LogP contribution is 2.40. The number of para-hydroxylation sites is 1. The van der Waals surface area contributed by atoms with Crippen LogP contribution in [0.4, 0.5) is 5.69 Å². The number of amides is 1. The molecule has 2 aromatic heterocycles. The molecule has 1 atom stereocenters. The smallest absolute Gasteiger partial charge is 0.259 e. The number of hydrogen-bond acceptors (Lipinski definition) is 5. The van der Waals surface area contributed by atoms with Crippen LogP contribution in [0.2, 0.25) is 0 Å². The minimum atomic E-state index is -0.673. The van der Waals surface area contributed by atoms with Gasteiger partial charge >= 0.3 is 0 Å². The first-order valence-electron chi connectivity index (χ1n) is 8.40. The van der Waals surface area contributed by atoms with E-state index >= 15 is 0 Å². The Labute approximate surface area is 144 Å². The Hall–Kier alpha value is -2.73. The monoisotopic (exact) mass is 337 g/mol. The summed E-state index contributed by atoms with van der Waals surface area (Å²) in [7, 11) is 0. The number of benzene rings is 1. The molecule has 0 saturated heterocycles. The Morgan fingerprint density at radius 2 is 2.12 bits per heavy atom. The van der Waals surface area contributed by atoms with Crippen LogP contribution < -0.4 is 5.32 Å². The Morgan fingerprint density at radius 3 is 2.84 bits per heavy atom. The molecule has 1 aliphatic carbocycles. The predicted octanol–water partition coefficient (Wildman–Crippen LogP) is 3.71. The SMILES string of the molecule is Cc1noc2nc(C3CC3)cc(C(=O)Nc3ccccc3C(C)O)c12. The molecule has 4 rings (SSSR count). The number of carbonyl (C=O) groups excluding carboxylic acids is 1. The molecular weight excluding hydrogens is 318 g/mol. The molecule has 0 spiro atoms. The molecule has 6 nitrogen and oxygen atoms in total. The summed E-state index contributed by atoms with van der Waals surface area (Å²) in [5.41, 5.74) is 3.68. The molecule has 0 bridgehead atoms. The van der Waals surface area contributed by atoms with Crippen molar-refractivity contribution >= 4 is 22.7 Å². The maximum Gasteiger partial charge on any atom is 0.259 e. The standard InChI is InChI=1S/C19H19N3O3/c1-10-17-14(9-16(12-7-8-12)21-19(17)25-22-10)18(24)20-15-6-4-3-5-13(15)11(2)23/h3-6,9,11-12,23H,7-8H2,1-2H3,(H,20,24). The second-order valence-electron chi connectivity index (χ2n) is 6.53. The van der Waals surface area contributed by atoms with Crippen molar-refractivity contribution in [1.29, 1.82) is 0 Å². The van der Waals surface area contributed by atoms with Gasteiger partial charge in [-0.15, -0.1) is 0 Å². The maximum absolute atomic E-state index is 13.0. The highest BCUT2D eigenvalue weighted by Gasteiger charge is 2.28. The van der Waals surface area contributed by atoms with E-state index in [0.29, 0.717) is 39.5 Å². The minimum absolute atomic E-state index is 0.256. The van der Waals surface area contributed by atoms with E-state index in [-0.39, 0.29) is 5.91 Å². The Kier molecular flexibility index (Phi) is 3.77. The first kappa shape index (κ1) is 15.8. The Balaban J connectivity index is 1.76. The molecule has 25 heavy (non-hydrogen) atoms. The van der Waals surface area contributed by atoms with Gasteiger partial charge in [-0.25, -0.2) is 4.98 Å². The van der Waals surface area contributed by atoms with Crippen LogP contribution in [0.1, 0.15) is 59.1 Å². The third-order valence-corrected chi connectivity index (χ3v) is 4.54. The van der Waals surface area contributed by atoms with Gasteiger partial charge in [0.2, 0.25) is 0 Å². The second-order valence-corrected chi connectivity index (χ2v) is 6.53. The van der Waals surface area contributed by atoms with E-state index in [9.17, 15) is 9.90 Å². The fourth-order valence-electron chi connectivity index (χ4n) is 3.05. The number of nitrogens with one attached hydrogen (secondary N) is 1. The minimum Gasteiger partial charge on any atom is -0.389 e. The van der Waals surface area contributed by atoms with Gasteiger partial charge in [0.15, 0.2) is 0 Å². The number of aliphatic hydroxyl groups excluding tert-OH is 1. The lowest BCUT2D eigenvalue weighted by Crippen LogP contribution is -2.15. The summed E-state index contributed by atoms with van der Waals surface area (Å²) in [5, 5.41) is 17.4. The third-order valence-electron chi connectivity index (χ3n) is 4.54. The van der Waals surface area contributed by atoms with Crippen LogP contribution in [0.25, 0.3) is 11.1 Å². The van der Waals surface area contributed by atoms with Gasteiger partial charge in [0, 0.05) is 22.9 Å². The van der Waals surface area contributed by atoms with E-state index in [1.54, 1.807) is 26.0 Å². The Morgan fingerprint density at radius 1 is 1.36 bits per heavy atom. The zero-order valence-corrected chi connectivity index (χ0v) is 14.1. The average Bonchev–Trinajstić information content (AvgIpc) is 3.38. The summed E-state index contributed by atoms with van der Waals surface area (Å²) in [6, 6.07) is 9.06. The molecule has 0 radical (unpaired) electrons. The van der Waals surface area contributed by atoms with Crippen molar-refractivity contribution in [3.05, 3.63) is 52.8 Å². The number of carbonyl (C=O) groups is 1. The number of anilines is 1. The van der Waals surface area contributed by atoms with E-state index in [2.05, 4.69) is 15.5 Å². The van der Waals surface area contributed by atoms with E-state index < -0.39 is 6.10 Å². The van der Waals surface area contributed by atoms with Gasteiger partial charge in [-0.2, -0.15) is 0 Å². The molecule has 6 heteroatoms. The lowest BCUT2D eigenvalue weighted by molar-refractivity contribution is 0.102. The quantitative estimate of drug-likeness (QED) is 0.757.